The average Bonchev–Trinajstić information content (AvgIpc) is 3.25. The molecule has 3 rings (SSSR count). The molecule has 1 aromatic rings. The lowest BCUT2D eigenvalue weighted by Crippen LogP contribution is -2.42. The van der Waals surface area contributed by atoms with Gasteiger partial charge in [0.1, 0.15) is 12.1 Å². The maximum atomic E-state index is 12.7. The molecule has 2 aliphatic rings. The topological polar surface area (TPSA) is 96.0 Å². The molecule has 1 aromatic carbocycles. The number of ether oxygens (including phenoxy) is 1. The van der Waals surface area contributed by atoms with Gasteiger partial charge < -0.3 is 15.0 Å². The molecule has 26 heavy (non-hydrogen) atoms. The van der Waals surface area contributed by atoms with Crippen LogP contribution in [0.1, 0.15) is 25.3 Å². The van der Waals surface area contributed by atoms with Crippen molar-refractivity contribution >= 4 is 23.8 Å². The van der Waals surface area contributed by atoms with Crippen molar-refractivity contribution < 1.29 is 23.9 Å². The van der Waals surface area contributed by atoms with Crippen molar-refractivity contribution in [3.8, 4) is 0 Å². The minimum atomic E-state index is -1.23. The third-order valence-electron chi connectivity index (χ3n) is 4.73. The van der Waals surface area contributed by atoms with Crippen molar-refractivity contribution in [3.05, 3.63) is 35.9 Å². The van der Waals surface area contributed by atoms with E-state index in [0.717, 1.165) is 17.7 Å². The first-order chi connectivity index (χ1) is 12.4. The highest BCUT2D eigenvalue weighted by molar-refractivity contribution is 6.08. The fourth-order valence-corrected chi connectivity index (χ4v) is 3.18. The molecule has 1 N–H and O–H groups in total. The predicted octanol–water partition coefficient (Wildman–Crippen LogP) is 0.619. The molecule has 2 heterocycles. The van der Waals surface area contributed by atoms with Gasteiger partial charge in [-0.05, 0) is 25.3 Å². The van der Waals surface area contributed by atoms with E-state index in [1.54, 1.807) is 42.2 Å². The average molecular weight is 359 g/mol. The van der Waals surface area contributed by atoms with Crippen LogP contribution in [0.15, 0.2) is 30.3 Å². The third-order valence-corrected chi connectivity index (χ3v) is 4.73. The van der Waals surface area contributed by atoms with Crippen LogP contribution in [0.4, 0.5) is 4.79 Å². The summed E-state index contributed by atoms with van der Waals surface area (Å²) < 4.78 is 4.94. The van der Waals surface area contributed by atoms with Crippen LogP contribution in [-0.4, -0.2) is 59.9 Å². The Morgan fingerprint density at radius 3 is 2.46 bits per heavy atom. The van der Waals surface area contributed by atoms with Crippen LogP contribution < -0.4 is 5.32 Å². The molecule has 0 saturated carbocycles. The van der Waals surface area contributed by atoms with Crippen LogP contribution in [0.3, 0.4) is 0 Å². The van der Waals surface area contributed by atoms with Gasteiger partial charge >= 0.3 is 12.0 Å². The van der Waals surface area contributed by atoms with Crippen LogP contribution in [0.2, 0.25) is 0 Å². The van der Waals surface area contributed by atoms with E-state index >= 15 is 0 Å². The highest BCUT2D eigenvalue weighted by Gasteiger charge is 2.49. The number of amides is 4. The fraction of sp³-hybridized carbons (Fsp3) is 0.444. The van der Waals surface area contributed by atoms with E-state index in [9.17, 15) is 19.2 Å². The smallest absolute Gasteiger partial charge is 0.326 e. The number of hydrogen-bond acceptors (Lipinski definition) is 5. The largest absolute Gasteiger partial charge is 0.454 e. The summed E-state index contributed by atoms with van der Waals surface area (Å²) in [5, 5.41) is 2.62. The molecule has 2 fully saturated rings. The van der Waals surface area contributed by atoms with Crippen LogP contribution in [0.25, 0.3) is 0 Å². The minimum absolute atomic E-state index is 0.262. The zero-order valence-corrected chi connectivity index (χ0v) is 14.6. The van der Waals surface area contributed by atoms with Crippen molar-refractivity contribution in [1.82, 2.24) is 15.1 Å². The summed E-state index contributed by atoms with van der Waals surface area (Å²) in [5.41, 5.74) is -0.609. The monoisotopic (exact) mass is 359 g/mol. The van der Waals surface area contributed by atoms with Crippen molar-refractivity contribution in [3.63, 3.8) is 0 Å². The first-order valence-electron chi connectivity index (χ1n) is 8.55. The number of esters is 1. The van der Waals surface area contributed by atoms with Crippen molar-refractivity contribution in [2.75, 3.05) is 26.2 Å². The van der Waals surface area contributed by atoms with Gasteiger partial charge in [0.25, 0.3) is 11.8 Å². The van der Waals surface area contributed by atoms with Gasteiger partial charge in [-0.25, -0.2) is 4.79 Å². The number of nitrogens with one attached hydrogen (secondary N) is 1. The van der Waals surface area contributed by atoms with Gasteiger partial charge in [0.2, 0.25) is 0 Å². The van der Waals surface area contributed by atoms with Gasteiger partial charge in [0.05, 0.1) is 0 Å². The number of imide groups is 1. The van der Waals surface area contributed by atoms with E-state index in [0.29, 0.717) is 18.7 Å². The second-order valence-electron chi connectivity index (χ2n) is 6.56. The lowest BCUT2D eigenvalue weighted by atomic mass is 9.92. The number of nitrogens with zero attached hydrogens (tertiary/aromatic N) is 2. The lowest BCUT2D eigenvalue weighted by Gasteiger charge is -2.22. The van der Waals surface area contributed by atoms with Crippen molar-refractivity contribution in [2.45, 2.75) is 25.3 Å². The second-order valence-corrected chi connectivity index (χ2v) is 6.56. The number of urea groups is 1. The summed E-state index contributed by atoms with van der Waals surface area (Å²) in [6.07, 6.45) is 1.89. The van der Waals surface area contributed by atoms with E-state index in [-0.39, 0.29) is 12.5 Å². The van der Waals surface area contributed by atoms with E-state index in [2.05, 4.69) is 5.32 Å². The van der Waals surface area contributed by atoms with E-state index in [1.807, 2.05) is 0 Å². The minimum Gasteiger partial charge on any atom is -0.454 e. The zero-order chi connectivity index (χ0) is 18.7. The summed E-state index contributed by atoms with van der Waals surface area (Å²) in [6.45, 7) is 2.02. The summed E-state index contributed by atoms with van der Waals surface area (Å²) in [7, 11) is 0. The second kappa shape index (κ2) is 7.15. The Labute approximate surface area is 151 Å². The molecule has 8 heteroatoms. The maximum Gasteiger partial charge on any atom is 0.326 e. The van der Waals surface area contributed by atoms with Gasteiger partial charge in [-0.1, -0.05) is 30.3 Å². The van der Waals surface area contributed by atoms with Gasteiger partial charge in [-0.15, -0.1) is 0 Å². The molecular formula is C18H21N3O5. The van der Waals surface area contributed by atoms with E-state index in [1.165, 1.54) is 0 Å². The van der Waals surface area contributed by atoms with Crippen LogP contribution in [-0.2, 0) is 24.7 Å². The first-order valence-corrected chi connectivity index (χ1v) is 8.55. The Morgan fingerprint density at radius 1 is 1.15 bits per heavy atom. The number of likely N-dealkylation sites (tertiary alicyclic amines) is 1. The number of benzene rings is 1. The van der Waals surface area contributed by atoms with E-state index in [4.69, 9.17) is 4.74 Å². The summed E-state index contributed by atoms with van der Waals surface area (Å²) in [6, 6.07) is 8.13. The number of rotatable bonds is 5. The van der Waals surface area contributed by atoms with Gasteiger partial charge in [0.15, 0.2) is 6.61 Å². The first kappa shape index (κ1) is 17.9. The fourth-order valence-electron chi connectivity index (χ4n) is 3.18. The highest BCUT2D eigenvalue weighted by atomic mass is 16.5. The number of hydrogen-bond donors (Lipinski definition) is 1. The maximum absolute atomic E-state index is 12.7. The lowest BCUT2D eigenvalue weighted by molar-refractivity contribution is -0.153. The third kappa shape index (κ3) is 3.40. The molecule has 2 aliphatic heterocycles. The Kier molecular flexibility index (Phi) is 4.92. The number of carbonyl (C=O) groups excluding carboxylic acids is 4. The zero-order valence-electron chi connectivity index (χ0n) is 14.6. The van der Waals surface area contributed by atoms with Crippen molar-refractivity contribution in [2.24, 2.45) is 0 Å². The van der Waals surface area contributed by atoms with Gasteiger partial charge in [-0.2, -0.15) is 0 Å². The Morgan fingerprint density at radius 2 is 1.81 bits per heavy atom. The molecule has 8 nitrogen and oxygen atoms in total. The van der Waals surface area contributed by atoms with Gasteiger partial charge in [-0.3, -0.25) is 19.3 Å². The van der Waals surface area contributed by atoms with Gasteiger partial charge in [0, 0.05) is 13.1 Å². The molecule has 0 unspecified atom stereocenters. The molecule has 2 saturated heterocycles. The Balaban J connectivity index is 1.59. The molecule has 0 spiro atoms. The molecule has 1 atom stereocenters. The molecule has 4 amide bonds. The van der Waals surface area contributed by atoms with Crippen LogP contribution in [0, 0.1) is 0 Å². The summed E-state index contributed by atoms with van der Waals surface area (Å²) >= 11 is 0. The molecule has 0 aliphatic carbocycles. The summed E-state index contributed by atoms with van der Waals surface area (Å²) in [4.78, 5) is 51.2. The normalized spacial score (nSPS) is 22.5. The van der Waals surface area contributed by atoms with E-state index < -0.39 is 30.0 Å². The molecular weight excluding hydrogens is 338 g/mol. The van der Waals surface area contributed by atoms with Crippen LogP contribution >= 0.6 is 0 Å². The summed E-state index contributed by atoms with van der Waals surface area (Å²) in [5.74, 6) is -1.59. The van der Waals surface area contributed by atoms with Crippen molar-refractivity contribution in [1.29, 1.82) is 0 Å². The molecule has 0 bridgehead atoms. The Bertz CT molecular complexity index is 730. The molecule has 138 valence electrons. The predicted molar refractivity (Wildman–Crippen MR) is 90.8 cm³/mol. The molecule has 0 radical (unpaired) electrons. The number of carbonyl (C=O) groups is 4. The standard InChI is InChI=1S/C18H21N3O5/c1-18(13-7-3-2-4-8-13)16(24)21(17(25)19-18)11-15(23)26-12-14(22)20-9-5-6-10-20/h2-4,7-8H,5-6,9-12H2,1H3,(H,19,25)/t18-/m1/s1. The quantitative estimate of drug-likeness (QED) is 0.614. The Hall–Kier alpha value is -2.90. The molecule has 0 aromatic heterocycles. The van der Waals surface area contributed by atoms with Crippen LogP contribution in [0.5, 0.6) is 0 Å². The SMILES string of the molecule is C[C@]1(c2ccccc2)NC(=O)N(CC(=O)OCC(=O)N2CCCC2)C1=O. The highest BCUT2D eigenvalue weighted by Crippen LogP contribution is 2.28.